The summed E-state index contributed by atoms with van der Waals surface area (Å²) < 4.78 is 2.04. The minimum Gasteiger partial charge on any atom is -0.354 e. The number of benzene rings is 2. The molecule has 1 aromatic heterocycles. The van der Waals surface area contributed by atoms with E-state index in [-0.39, 0.29) is 0 Å². The van der Waals surface area contributed by atoms with Crippen LogP contribution in [0, 0.1) is 0 Å². The van der Waals surface area contributed by atoms with Crippen LogP contribution < -0.4 is 10.6 Å². The molecular weight excluding hydrogens is 372 g/mol. The predicted molar refractivity (Wildman–Crippen MR) is 122 cm³/mol. The summed E-state index contributed by atoms with van der Waals surface area (Å²) in [6, 6.07) is 19.5. The number of hydrogen-bond donors (Lipinski definition) is 2. The van der Waals surface area contributed by atoms with Gasteiger partial charge < -0.3 is 15.2 Å². The number of likely N-dealkylation sites (tertiary alicyclic amines) is 1. The summed E-state index contributed by atoms with van der Waals surface area (Å²) in [4.78, 5) is 11.1. The van der Waals surface area contributed by atoms with Gasteiger partial charge in [0.1, 0.15) is 0 Å². The summed E-state index contributed by atoms with van der Waals surface area (Å²) in [5.74, 6) is 0.858. The SMILES string of the molecule is CN=C(NCc1ccccc1-n1ccnc1)NC1CCN(Cc2ccccc2)CC1. The molecule has 156 valence electrons. The zero-order valence-electron chi connectivity index (χ0n) is 17.5. The first kappa shape index (κ1) is 20.2. The van der Waals surface area contributed by atoms with Crippen LogP contribution in [0.2, 0.25) is 0 Å². The van der Waals surface area contributed by atoms with Crippen molar-refractivity contribution in [3.05, 3.63) is 84.4 Å². The second-order valence-electron chi connectivity index (χ2n) is 7.70. The zero-order valence-corrected chi connectivity index (χ0v) is 17.5. The maximum Gasteiger partial charge on any atom is 0.191 e. The minimum absolute atomic E-state index is 0.451. The number of aliphatic imine (C=N–C) groups is 1. The number of rotatable bonds is 6. The van der Waals surface area contributed by atoms with Gasteiger partial charge in [0.15, 0.2) is 5.96 Å². The largest absolute Gasteiger partial charge is 0.354 e. The lowest BCUT2D eigenvalue weighted by molar-refractivity contribution is 0.198. The van der Waals surface area contributed by atoms with Gasteiger partial charge in [0.05, 0.1) is 12.0 Å². The molecule has 0 radical (unpaired) electrons. The second kappa shape index (κ2) is 10.1. The van der Waals surface area contributed by atoms with Crippen molar-refractivity contribution in [2.24, 2.45) is 4.99 Å². The molecule has 6 nitrogen and oxygen atoms in total. The summed E-state index contributed by atoms with van der Waals surface area (Å²) in [5.41, 5.74) is 3.72. The third kappa shape index (κ3) is 5.27. The monoisotopic (exact) mass is 402 g/mol. The van der Waals surface area contributed by atoms with Gasteiger partial charge in [-0.05, 0) is 30.0 Å². The highest BCUT2D eigenvalue weighted by atomic mass is 15.2. The average molecular weight is 403 g/mol. The summed E-state index contributed by atoms with van der Waals surface area (Å²) >= 11 is 0. The zero-order chi connectivity index (χ0) is 20.6. The predicted octanol–water partition coefficient (Wildman–Crippen LogP) is 3.20. The molecule has 0 spiro atoms. The van der Waals surface area contributed by atoms with Crippen LogP contribution >= 0.6 is 0 Å². The Morgan fingerprint density at radius 2 is 1.83 bits per heavy atom. The summed E-state index contributed by atoms with van der Waals surface area (Å²) in [5, 5.41) is 7.09. The molecule has 1 fully saturated rings. The Balaban J connectivity index is 1.27. The molecule has 0 aliphatic carbocycles. The molecular formula is C24H30N6. The van der Waals surface area contributed by atoms with E-state index in [1.54, 1.807) is 6.20 Å². The van der Waals surface area contributed by atoms with E-state index in [2.05, 4.69) is 80.1 Å². The van der Waals surface area contributed by atoms with Crippen LogP contribution in [-0.4, -0.2) is 46.6 Å². The number of nitrogens with zero attached hydrogens (tertiary/aromatic N) is 4. The van der Waals surface area contributed by atoms with E-state index >= 15 is 0 Å². The van der Waals surface area contributed by atoms with Crippen LogP contribution in [0.15, 0.2) is 78.3 Å². The topological polar surface area (TPSA) is 57.5 Å². The fraction of sp³-hybridized carbons (Fsp3) is 0.333. The van der Waals surface area contributed by atoms with Crippen LogP contribution in [0.1, 0.15) is 24.0 Å². The summed E-state index contributed by atoms with van der Waals surface area (Å²) in [6.07, 6.45) is 7.84. The third-order valence-corrected chi connectivity index (χ3v) is 5.62. The molecule has 6 heteroatoms. The molecule has 0 amide bonds. The number of hydrogen-bond acceptors (Lipinski definition) is 3. The van der Waals surface area contributed by atoms with E-state index in [1.165, 1.54) is 11.1 Å². The van der Waals surface area contributed by atoms with Gasteiger partial charge in [0.2, 0.25) is 0 Å². The number of imidazole rings is 1. The van der Waals surface area contributed by atoms with Crippen molar-refractivity contribution >= 4 is 5.96 Å². The van der Waals surface area contributed by atoms with Crippen molar-refractivity contribution in [2.75, 3.05) is 20.1 Å². The molecule has 1 aliphatic heterocycles. The maximum atomic E-state index is 4.44. The first-order valence-electron chi connectivity index (χ1n) is 10.6. The smallest absolute Gasteiger partial charge is 0.191 e. The molecule has 0 bridgehead atoms. The fourth-order valence-electron chi connectivity index (χ4n) is 3.96. The summed E-state index contributed by atoms with van der Waals surface area (Å²) in [7, 11) is 1.83. The van der Waals surface area contributed by atoms with Gasteiger partial charge in [-0.1, -0.05) is 48.5 Å². The number of aromatic nitrogens is 2. The fourth-order valence-corrected chi connectivity index (χ4v) is 3.96. The van der Waals surface area contributed by atoms with Crippen LogP contribution in [0.3, 0.4) is 0 Å². The van der Waals surface area contributed by atoms with Gasteiger partial charge >= 0.3 is 0 Å². The van der Waals surface area contributed by atoms with Crippen molar-refractivity contribution in [3.8, 4) is 5.69 Å². The molecule has 0 saturated carbocycles. The van der Waals surface area contributed by atoms with Crippen molar-refractivity contribution < 1.29 is 0 Å². The highest BCUT2D eigenvalue weighted by Gasteiger charge is 2.20. The maximum absolute atomic E-state index is 4.44. The Bertz CT molecular complexity index is 927. The second-order valence-corrected chi connectivity index (χ2v) is 7.70. The van der Waals surface area contributed by atoms with E-state index in [4.69, 9.17) is 0 Å². The van der Waals surface area contributed by atoms with Crippen LogP contribution in [0.5, 0.6) is 0 Å². The molecule has 1 saturated heterocycles. The quantitative estimate of drug-likeness (QED) is 0.491. The first-order valence-corrected chi connectivity index (χ1v) is 10.6. The van der Waals surface area contributed by atoms with Gasteiger partial charge in [-0.15, -0.1) is 0 Å². The normalized spacial score (nSPS) is 15.8. The molecule has 4 rings (SSSR count). The van der Waals surface area contributed by atoms with E-state index < -0.39 is 0 Å². The first-order chi connectivity index (χ1) is 14.8. The van der Waals surface area contributed by atoms with E-state index in [0.717, 1.165) is 44.1 Å². The Hall–Kier alpha value is -3.12. The molecule has 1 aliphatic rings. The number of para-hydroxylation sites is 1. The Morgan fingerprint density at radius 3 is 2.57 bits per heavy atom. The molecule has 30 heavy (non-hydrogen) atoms. The molecule has 0 unspecified atom stereocenters. The van der Waals surface area contributed by atoms with Crippen molar-refractivity contribution in [3.63, 3.8) is 0 Å². The summed E-state index contributed by atoms with van der Waals surface area (Å²) in [6.45, 7) is 3.95. The number of nitrogens with one attached hydrogen (secondary N) is 2. The number of guanidine groups is 1. The van der Waals surface area contributed by atoms with Crippen LogP contribution in [0.4, 0.5) is 0 Å². The highest BCUT2D eigenvalue weighted by Crippen LogP contribution is 2.15. The number of piperidine rings is 1. The van der Waals surface area contributed by atoms with Crippen LogP contribution in [0.25, 0.3) is 5.69 Å². The van der Waals surface area contributed by atoms with Gasteiger partial charge in [0.25, 0.3) is 0 Å². The van der Waals surface area contributed by atoms with Crippen molar-refractivity contribution in [1.82, 2.24) is 25.1 Å². The minimum atomic E-state index is 0.451. The van der Waals surface area contributed by atoms with E-state index in [0.29, 0.717) is 12.6 Å². The molecule has 2 heterocycles. The lowest BCUT2D eigenvalue weighted by atomic mass is 10.0. The Morgan fingerprint density at radius 1 is 1.07 bits per heavy atom. The van der Waals surface area contributed by atoms with Crippen molar-refractivity contribution in [2.45, 2.75) is 32.0 Å². The third-order valence-electron chi connectivity index (χ3n) is 5.62. The van der Waals surface area contributed by atoms with Gasteiger partial charge in [-0.2, -0.15) is 0 Å². The van der Waals surface area contributed by atoms with Gasteiger partial charge in [0, 0.05) is 51.7 Å². The lowest BCUT2D eigenvalue weighted by Crippen LogP contribution is -2.48. The molecule has 2 N–H and O–H groups in total. The van der Waals surface area contributed by atoms with E-state index in [1.807, 2.05) is 24.1 Å². The van der Waals surface area contributed by atoms with Gasteiger partial charge in [-0.3, -0.25) is 9.89 Å². The van der Waals surface area contributed by atoms with Gasteiger partial charge in [-0.25, -0.2) is 4.98 Å². The highest BCUT2D eigenvalue weighted by molar-refractivity contribution is 5.80. The van der Waals surface area contributed by atoms with Crippen LogP contribution in [-0.2, 0) is 13.1 Å². The molecule has 2 aromatic carbocycles. The van der Waals surface area contributed by atoms with Crippen molar-refractivity contribution in [1.29, 1.82) is 0 Å². The van der Waals surface area contributed by atoms with E-state index in [9.17, 15) is 0 Å². The molecule has 0 atom stereocenters. The Kier molecular flexibility index (Phi) is 6.77. The average Bonchev–Trinajstić information content (AvgIpc) is 3.33. The standard InChI is InChI=1S/C24H30N6/c1-25-24(27-17-21-9-5-6-10-23(21)30-16-13-26-19-30)28-22-11-14-29(15-12-22)18-20-7-3-2-4-8-20/h2-10,13,16,19,22H,11-12,14-15,17-18H2,1H3,(H2,25,27,28). The molecule has 3 aromatic rings. The lowest BCUT2D eigenvalue weighted by Gasteiger charge is -2.33. The Labute approximate surface area is 178 Å².